The molecule has 19 heavy (non-hydrogen) atoms. The Kier molecular flexibility index (Phi) is 9.72. The van der Waals surface area contributed by atoms with Crippen molar-refractivity contribution in [1.29, 1.82) is 0 Å². The van der Waals surface area contributed by atoms with Crippen molar-refractivity contribution in [3.8, 4) is 0 Å². The van der Waals surface area contributed by atoms with Crippen LogP contribution in [-0.2, 0) is 14.2 Å². The van der Waals surface area contributed by atoms with Crippen molar-refractivity contribution >= 4 is 6.40 Å². The van der Waals surface area contributed by atoms with Gasteiger partial charge in [-0.1, -0.05) is 39.0 Å². The van der Waals surface area contributed by atoms with Crippen molar-refractivity contribution in [2.45, 2.75) is 64.0 Å². The molecule has 2 unspecified atom stereocenters. The lowest BCUT2D eigenvalue weighted by Gasteiger charge is -2.15. The lowest BCUT2D eigenvalue weighted by atomic mass is 10.1. The normalized spacial score (nSPS) is 19.6. The molecule has 0 radical (unpaired) electrons. The van der Waals surface area contributed by atoms with Gasteiger partial charge in [-0.2, -0.15) is 0 Å². The van der Waals surface area contributed by atoms with E-state index in [0.29, 0.717) is 19.3 Å². The van der Waals surface area contributed by atoms with E-state index in [2.05, 4.69) is 11.9 Å². The average Bonchev–Trinajstić information content (AvgIpc) is 2.94. The summed E-state index contributed by atoms with van der Waals surface area (Å²) < 4.78 is 16.2. The highest BCUT2D eigenvalue weighted by atomic mass is 16.5. The summed E-state index contributed by atoms with van der Waals surface area (Å²) in [5.74, 6) is 0. The molecule has 4 nitrogen and oxygen atoms in total. The number of methoxy groups -OCH3 is 1. The summed E-state index contributed by atoms with van der Waals surface area (Å²) in [6, 6.07) is 0.190. The van der Waals surface area contributed by atoms with E-state index in [0.717, 1.165) is 19.4 Å². The number of rotatable bonds is 12. The summed E-state index contributed by atoms with van der Waals surface area (Å²) in [5.41, 5.74) is 0. The van der Waals surface area contributed by atoms with Crippen LogP contribution in [0.5, 0.6) is 0 Å². The van der Waals surface area contributed by atoms with Gasteiger partial charge >= 0.3 is 0 Å². The molecule has 0 aromatic carbocycles. The van der Waals surface area contributed by atoms with E-state index >= 15 is 0 Å². The monoisotopic (exact) mass is 271 g/mol. The Morgan fingerprint density at radius 1 is 1.26 bits per heavy atom. The second-order valence-corrected chi connectivity index (χ2v) is 5.17. The van der Waals surface area contributed by atoms with E-state index in [4.69, 9.17) is 14.2 Å². The molecule has 0 fully saturated rings. The molecule has 1 aliphatic heterocycles. The van der Waals surface area contributed by atoms with Gasteiger partial charge < -0.3 is 14.2 Å². The number of aliphatic imine (C=N–C) groups is 1. The highest BCUT2D eigenvalue weighted by molar-refractivity contribution is 5.48. The molecule has 1 heterocycles. The van der Waals surface area contributed by atoms with Crippen molar-refractivity contribution in [1.82, 2.24) is 0 Å². The molecule has 0 amide bonds. The van der Waals surface area contributed by atoms with E-state index in [1.54, 1.807) is 7.11 Å². The Hall–Kier alpha value is -0.610. The number of nitrogens with zero attached hydrogens (tertiary/aromatic N) is 1. The van der Waals surface area contributed by atoms with Crippen LogP contribution in [0.4, 0.5) is 0 Å². The summed E-state index contributed by atoms with van der Waals surface area (Å²) in [6.45, 7) is 4.31. The molecular weight excluding hydrogens is 242 g/mol. The molecule has 0 aromatic rings. The maximum absolute atomic E-state index is 5.62. The zero-order valence-electron chi connectivity index (χ0n) is 12.5. The van der Waals surface area contributed by atoms with Crippen molar-refractivity contribution in [2.24, 2.45) is 4.99 Å². The topological polar surface area (TPSA) is 40.0 Å². The molecule has 1 rings (SSSR count). The molecule has 112 valence electrons. The van der Waals surface area contributed by atoms with Crippen molar-refractivity contribution in [3.63, 3.8) is 0 Å². The van der Waals surface area contributed by atoms with Gasteiger partial charge in [-0.05, 0) is 12.8 Å². The third-order valence-corrected chi connectivity index (χ3v) is 3.49. The van der Waals surface area contributed by atoms with Crippen molar-refractivity contribution in [3.05, 3.63) is 0 Å². The Labute approximate surface area is 117 Å². The van der Waals surface area contributed by atoms with Crippen LogP contribution in [0.25, 0.3) is 0 Å². The van der Waals surface area contributed by atoms with Crippen LogP contribution >= 0.6 is 0 Å². The first-order valence-electron chi connectivity index (χ1n) is 7.60. The number of hydrogen-bond acceptors (Lipinski definition) is 4. The maximum atomic E-state index is 5.62. The second-order valence-electron chi connectivity index (χ2n) is 5.17. The van der Waals surface area contributed by atoms with Gasteiger partial charge in [0.15, 0.2) is 6.40 Å². The molecule has 0 N–H and O–H groups in total. The second kappa shape index (κ2) is 11.2. The Balaban J connectivity index is 1.93. The van der Waals surface area contributed by atoms with Crippen LogP contribution < -0.4 is 0 Å². The lowest BCUT2D eigenvalue weighted by Crippen LogP contribution is -2.18. The number of ether oxygens (including phenoxy) is 3. The van der Waals surface area contributed by atoms with Gasteiger partial charge in [0, 0.05) is 13.7 Å². The average molecular weight is 271 g/mol. The standard InChI is InChI=1S/C15H29NO3/c1-3-4-5-6-7-8-15(17-2)9-10-18-11-14-12-19-13-16-14/h13-15H,3-12H2,1-2H3. The molecule has 0 spiro atoms. The third kappa shape index (κ3) is 8.22. The summed E-state index contributed by atoms with van der Waals surface area (Å²) in [7, 11) is 1.80. The first kappa shape index (κ1) is 16.4. The molecule has 4 heteroatoms. The Morgan fingerprint density at radius 3 is 2.79 bits per heavy atom. The van der Waals surface area contributed by atoms with E-state index in [1.165, 1.54) is 38.5 Å². The van der Waals surface area contributed by atoms with Gasteiger partial charge in [0.05, 0.1) is 12.7 Å². The highest BCUT2D eigenvalue weighted by Crippen LogP contribution is 2.12. The predicted octanol–water partition coefficient (Wildman–Crippen LogP) is 3.20. The van der Waals surface area contributed by atoms with E-state index < -0.39 is 0 Å². The van der Waals surface area contributed by atoms with E-state index in [-0.39, 0.29) is 6.04 Å². The van der Waals surface area contributed by atoms with Crippen LogP contribution in [0, 0.1) is 0 Å². The first-order valence-corrected chi connectivity index (χ1v) is 7.60. The fourth-order valence-corrected chi connectivity index (χ4v) is 2.21. The van der Waals surface area contributed by atoms with Gasteiger partial charge in [-0.15, -0.1) is 0 Å². The third-order valence-electron chi connectivity index (χ3n) is 3.49. The van der Waals surface area contributed by atoms with Crippen LogP contribution in [-0.4, -0.2) is 45.5 Å². The molecule has 0 aliphatic carbocycles. The SMILES string of the molecule is CCCCCCCC(CCOCC1COC=N1)OC. The van der Waals surface area contributed by atoms with Crippen LogP contribution in [0.15, 0.2) is 4.99 Å². The van der Waals surface area contributed by atoms with Crippen LogP contribution in [0.1, 0.15) is 51.9 Å². The first-order chi connectivity index (χ1) is 9.36. The lowest BCUT2D eigenvalue weighted by molar-refractivity contribution is 0.0410. The minimum atomic E-state index is 0.190. The minimum absolute atomic E-state index is 0.190. The van der Waals surface area contributed by atoms with Gasteiger partial charge in [0.25, 0.3) is 0 Å². The Bertz CT molecular complexity index is 233. The summed E-state index contributed by atoms with van der Waals surface area (Å²) in [4.78, 5) is 4.15. The summed E-state index contributed by atoms with van der Waals surface area (Å²) in [5, 5.41) is 0. The zero-order valence-corrected chi connectivity index (χ0v) is 12.5. The van der Waals surface area contributed by atoms with Crippen LogP contribution in [0.3, 0.4) is 0 Å². The molecule has 1 aliphatic rings. The zero-order chi connectivity index (χ0) is 13.8. The van der Waals surface area contributed by atoms with Crippen LogP contribution in [0.2, 0.25) is 0 Å². The van der Waals surface area contributed by atoms with Gasteiger partial charge in [0.1, 0.15) is 12.6 Å². The predicted molar refractivity (Wildman–Crippen MR) is 77.8 cm³/mol. The molecule has 0 saturated carbocycles. The highest BCUT2D eigenvalue weighted by Gasteiger charge is 2.12. The van der Waals surface area contributed by atoms with E-state index in [1.807, 2.05) is 0 Å². The fraction of sp³-hybridized carbons (Fsp3) is 0.933. The molecule has 0 saturated heterocycles. The largest absolute Gasteiger partial charge is 0.481 e. The summed E-state index contributed by atoms with van der Waals surface area (Å²) in [6.07, 6.45) is 10.6. The summed E-state index contributed by atoms with van der Waals surface area (Å²) >= 11 is 0. The molecule has 0 bridgehead atoms. The molecule has 0 aromatic heterocycles. The number of hydrogen-bond donors (Lipinski definition) is 0. The minimum Gasteiger partial charge on any atom is -0.481 e. The van der Waals surface area contributed by atoms with Gasteiger partial charge in [-0.3, -0.25) is 0 Å². The Morgan fingerprint density at radius 2 is 2.11 bits per heavy atom. The number of unbranched alkanes of at least 4 members (excludes halogenated alkanes) is 4. The van der Waals surface area contributed by atoms with Gasteiger partial charge in [-0.25, -0.2) is 4.99 Å². The van der Waals surface area contributed by atoms with Crippen molar-refractivity contribution in [2.75, 3.05) is 26.9 Å². The fourth-order valence-electron chi connectivity index (χ4n) is 2.21. The van der Waals surface area contributed by atoms with Crippen molar-refractivity contribution < 1.29 is 14.2 Å². The van der Waals surface area contributed by atoms with E-state index in [9.17, 15) is 0 Å². The quantitative estimate of drug-likeness (QED) is 0.512. The van der Waals surface area contributed by atoms with Gasteiger partial charge in [0.2, 0.25) is 0 Å². The molecular formula is C15H29NO3. The maximum Gasteiger partial charge on any atom is 0.169 e. The molecule has 2 atom stereocenters. The smallest absolute Gasteiger partial charge is 0.169 e.